The van der Waals surface area contributed by atoms with E-state index >= 15 is 0 Å². The van der Waals surface area contributed by atoms with Crippen molar-refractivity contribution in [2.45, 2.75) is 18.9 Å². The fourth-order valence-corrected chi connectivity index (χ4v) is 4.06. The van der Waals surface area contributed by atoms with E-state index in [4.69, 9.17) is 4.74 Å². The first-order chi connectivity index (χ1) is 17.4. The van der Waals surface area contributed by atoms with Crippen molar-refractivity contribution in [3.05, 3.63) is 41.7 Å². The Labute approximate surface area is 207 Å². The largest absolute Gasteiger partial charge is 0.453 e. The monoisotopic (exact) mass is 489 g/mol. The van der Waals surface area contributed by atoms with Crippen molar-refractivity contribution in [2.75, 3.05) is 56.3 Å². The van der Waals surface area contributed by atoms with Crippen LogP contribution in [-0.4, -0.2) is 82.8 Å². The number of nitrogens with zero attached hydrogens (tertiary/aromatic N) is 6. The predicted molar refractivity (Wildman–Crippen MR) is 133 cm³/mol. The number of ether oxygens (including phenoxy) is 1. The fraction of sp³-hybridized carbons (Fsp3) is 0.375. The number of anilines is 4. The molecule has 1 saturated carbocycles. The van der Waals surface area contributed by atoms with Gasteiger partial charge in [-0.2, -0.15) is 9.78 Å². The smallest absolute Gasteiger partial charge is 0.411 e. The molecule has 3 aromatic rings. The molecule has 2 aliphatic rings. The van der Waals surface area contributed by atoms with Crippen LogP contribution in [0.5, 0.6) is 0 Å². The van der Waals surface area contributed by atoms with E-state index < -0.39 is 6.09 Å². The summed E-state index contributed by atoms with van der Waals surface area (Å²) in [7, 11) is 3.29. The average Bonchev–Trinajstić information content (AvgIpc) is 3.60. The zero-order chi connectivity index (χ0) is 25.2. The van der Waals surface area contributed by atoms with Gasteiger partial charge in [0.25, 0.3) is 5.91 Å². The third-order valence-corrected chi connectivity index (χ3v) is 6.25. The van der Waals surface area contributed by atoms with Crippen LogP contribution in [0.3, 0.4) is 0 Å². The summed E-state index contributed by atoms with van der Waals surface area (Å²) in [5.74, 6) is 0.316. The number of carbonyl (C=O) groups is 2. The van der Waals surface area contributed by atoms with Crippen molar-refractivity contribution in [1.29, 1.82) is 5.26 Å². The van der Waals surface area contributed by atoms with E-state index in [9.17, 15) is 14.9 Å². The van der Waals surface area contributed by atoms with Crippen LogP contribution in [0.15, 0.2) is 30.5 Å². The summed E-state index contributed by atoms with van der Waals surface area (Å²) in [6.45, 7) is 2.80. The molecule has 0 bridgehead atoms. The first-order valence-corrected chi connectivity index (χ1v) is 11.7. The van der Waals surface area contributed by atoms with Gasteiger partial charge in [0, 0.05) is 44.0 Å². The number of piperazine rings is 1. The molecule has 1 aliphatic heterocycles. The van der Waals surface area contributed by atoms with Gasteiger partial charge >= 0.3 is 6.09 Å². The summed E-state index contributed by atoms with van der Waals surface area (Å²) in [5, 5.41) is 23.3. The third-order valence-electron chi connectivity index (χ3n) is 6.25. The normalized spacial score (nSPS) is 15.9. The molecule has 2 aromatic heterocycles. The first-order valence-electron chi connectivity index (χ1n) is 11.7. The number of methoxy groups -OCH3 is 1. The Morgan fingerprint density at radius 1 is 1.14 bits per heavy atom. The van der Waals surface area contributed by atoms with Crippen molar-refractivity contribution < 1.29 is 14.3 Å². The van der Waals surface area contributed by atoms with Crippen LogP contribution in [-0.2, 0) is 4.74 Å². The van der Waals surface area contributed by atoms with Crippen molar-refractivity contribution >= 4 is 40.5 Å². The minimum absolute atomic E-state index is 0.159. The van der Waals surface area contributed by atoms with E-state index in [-0.39, 0.29) is 5.91 Å². The summed E-state index contributed by atoms with van der Waals surface area (Å²) in [4.78, 5) is 33.6. The zero-order valence-corrected chi connectivity index (χ0v) is 20.1. The van der Waals surface area contributed by atoms with Gasteiger partial charge in [-0.25, -0.2) is 9.78 Å². The zero-order valence-electron chi connectivity index (χ0n) is 20.1. The second-order valence-corrected chi connectivity index (χ2v) is 8.95. The van der Waals surface area contributed by atoms with E-state index in [0.717, 1.165) is 31.6 Å². The molecule has 12 nitrogen and oxygen atoms in total. The Morgan fingerprint density at radius 2 is 1.92 bits per heavy atom. The number of hydrogen-bond acceptors (Lipinski definition) is 9. The lowest BCUT2D eigenvalue weighted by molar-refractivity contribution is 0.0665. The molecule has 0 unspecified atom stereocenters. The molecule has 186 valence electrons. The van der Waals surface area contributed by atoms with E-state index in [1.54, 1.807) is 23.1 Å². The maximum atomic E-state index is 13.2. The van der Waals surface area contributed by atoms with Crippen LogP contribution in [0.25, 0.3) is 5.65 Å². The number of imidazole rings is 1. The van der Waals surface area contributed by atoms with Crippen LogP contribution in [0, 0.1) is 11.3 Å². The summed E-state index contributed by atoms with van der Waals surface area (Å²) in [6.07, 6.45) is 2.97. The van der Waals surface area contributed by atoms with Gasteiger partial charge in [0.2, 0.25) is 0 Å². The van der Waals surface area contributed by atoms with Crippen molar-refractivity contribution in [3.63, 3.8) is 0 Å². The molecule has 5 rings (SSSR count). The van der Waals surface area contributed by atoms with Crippen molar-refractivity contribution in [3.8, 4) is 6.07 Å². The second kappa shape index (κ2) is 9.71. The number of fused-ring (bicyclic) bond motifs is 1. The lowest BCUT2D eigenvalue weighted by atomic mass is 10.1. The van der Waals surface area contributed by atoms with Crippen LogP contribution in [0.4, 0.5) is 27.7 Å². The Bertz CT molecular complexity index is 1350. The Morgan fingerprint density at radius 3 is 2.61 bits per heavy atom. The lowest BCUT2D eigenvalue weighted by Gasteiger charge is -2.32. The van der Waals surface area contributed by atoms with Gasteiger partial charge in [0.1, 0.15) is 6.07 Å². The second-order valence-electron chi connectivity index (χ2n) is 8.95. The Balaban J connectivity index is 1.46. The first kappa shape index (κ1) is 23.4. The Hall–Kier alpha value is -4.37. The highest BCUT2D eigenvalue weighted by Crippen LogP contribution is 2.30. The fourth-order valence-electron chi connectivity index (χ4n) is 4.06. The molecule has 1 aromatic carbocycles. The number of nitriles is 1. The molecule has 12 heteroatoms. The Kier molecular flexibility index (Phi) is 6.30. The number of hydrogen-bond donors (Lipinski definition) is 3. The van der Waals surface area contributed by atoms with Crippen LogP contribution in [0.1, 0.15) is 28.9 Å². The number of carbonyl (C=O) groups excluding carboxylic acids is 2. The topological polar surface area (TPSA) is 140 Å². The van der Waals surface area contributed by atoms with Crippen LogP contribution in [0.2, 0.25) is 0 Å². The molecule has 0 spiro atoms. The number of amides is 2. The molecule has 2 fully saturated rings. The minimum Gasteiger partial charge on any atom is -0.453 e. The van der Waals surface area contributed by atoms with Gasteiger partial charge < -0.3 is 25.2 Å². The number of rotatable bonds is 6. The molecular formula is C24H27N9O3. The quantitative estimate of drug-likeness (QED) is 0.476. The van der Waals surface area contributed by atoms with Gasteiger partial charge in [-0.3, -0.25) is 10.1 Å². The summed E-state index contributed by atoms with van der Waals surface area (Å²) in [5.41, 5.74) is 2.95. The highest BCUT2D eigenvalue weighted by molar-refractivity contribution is 6.03. The van der Waals surface area contributed by atoms with Crippen molar-refractivity contribution in [1.82, 2.24) is 24.4 Å². The van der Waals surface area contributed by atoms with Gasteiger partial charge in [0.15, 0.2) is 17.2 Å². The van der Waals surface area contributed by atoms with Gasteiger partial charge in [-0.1, -0.05) is 0 Å². The predicted octanol–water partition coefficient (Wildman–Crippen LogP) is 2.48. The number of nitrogens with one attached hydrogen (secondary N) is 3. The molecule has 1 saturated heterocycles. The van der Waals surface area contributed by atoms with Gasteiger partial charge in [0.05, 0.1) is 30.2 Å². The summed E-state index contributed by atoms with van der Waals surface area (Å²) >= 11 is 0. The van der Waals surface area contributed by atoms with Crippen LogP contribution >= 0.6 is 0 Å². The van der Waals surface area contributed by atoms with Crippen LogP contribution < -0.4 is 16.0 Å². The third kappa shape index (κ3) is 4.87. The SMILES string of the molecule is COC(=O)Nc1cc(Nc2cc(NC3CC3)c3ncc(C#N)n3n2)ccc1C(=O)N1CCN(C)CC1. The molecule has 36 heavy (non-hydrogen) atoms. The maximum Gasteiger partial charge on any atom is 0.411 e. The summed E-state index contributed by atoms with van der Waals surface area (Å²) in [6, 6.07) is 9.41. The molecule has 0 radical (unpaired) electrons. The number of benzene rings is 1. The number of likely N-dealkylation sites (N-methyl/N-ethyl adjacent to an activating group) is 1. The molecule has 0 atom stereocenters. The molecule has 3 heterocycles. The number of aromatic nitrogens is 3. The van der Waals surface area contributed by atoms with Gasteiger partial charge in [-0.05, 0) is 38.1 Å². The minimum atomic E-state index is -0.674. The maximum absolute atomic E-state index is 13.2. The lowest BCUT2D eigenvalue weighted by Crippen LogP contribution is -2.47. The standard InChI is InChI=1S/C24H27N9O3/c1-31-7-9-32(10-8-31)23(34)18-6-5-16(11-19(18)29-24(35)36-2)28-21-12-20(27-15-3-4-15)22-26-14-17(13-25)33(22)30-21/h5-6,11-12,14-15,27H,3-4,7-10H2,1-2H3,(H,28,30)(H,29,35). The van der Waals surface area contributed by atoms with E-state index in [0.29, 0.717) is 53.2 Å². The highest BCUT2D eigenvalue weighted by Gasteiger charge is 2.25. The van der Waals surface area contributed by atoms with Gasteiger partial charge in [-0.15, -0.1) is 5.10 Å². The van der Waals surface area contributed by atoms with E-state index in [1.807, 2.05) is 13.1 Å². The molecule has 1 aliphatic carbocycles. The average molecular weight is 490 g/mol. The molecule has 2 amide bonds. The highest BCUT2D eigenvalue weighted by atomic mass is 16.5. The van der Waals surface area contributed by atoms with Crippen molar-refractivity contribution in [2.24, 2.45) is 0 Å². The molecule has 3 N–H and O–H groups in total. The van der Waals surface area contributed by atoms with E-state index in [2.05, 4.69) is 37.0 Å². The molecular weight excluding hydrogens is 462 g/mol. The summed E-state index contributed by atoms with van der Waals surface area (Å²) < 4.78 is 6.26. The van der Waals surface area contributed by atoms with E-state index in [1.165, 1.54) is 17.8 Å².